The van der Waals surface area contributed by atoms with Gasteiger partial charge in [0.15, 0.2) is 0 Å². The van der Waals surface area contributed by atoms with Crippen LogP contribution >= 0.6 is 0 Å². The van der Waals surface area contributed by atoms with Crippen LogP contribution in [-0.2, 0) is 0 Å². The number of aromatic nitrogens is 1. The summed E-state index contributed by atoms with van der Waals surface area (Å²) in [5.74, 6) is -2.57. The fourth-order valence-electron chi connectivity index (χ4n) is 4.07. The highest BCUT2D eigenvalue weighted by Gasteiger charge is 2.33. The zero-order chi connectivity index (χ0) is 30.7. The molecule has 0 aliphatic rings. The number of fused-ring (bicyclic) bond motifs is 1. The van der Waals surface area contributed by atoms with Crippen LogP contribution in [0, 0.1) is 5.82 Å². The molecule has 0 saturated carbocycles. The highest BCUT2D eigenvalue weighted by atomic mass is 19.4. The van der Waals surface area contributed by atoms with Crippen LogP contribution in [0.5, 0.6) is 0 Å². The minimum absolute atomic E-state index is 0.00532. The molecule has 0 aliphatic carbocycles. The topological polar surface area (TPSA) is 96.3 Å². The van der Waals surface area contributed by atoms with Crippen molar-refractivity contribution in [1.82, 2.24) is 15.6 Å². The molecular formula is C28H23F7N4O3. The first kappa shape index (κ1) is 30.3. The zero-order valence-corrected chi connectivity index (χ0v) is 21.8. The maximum Gasteiger partial charge on any atom is 0.405 e. The average Bonchev–Trinajstić information content (AvgIpc) is 3.36. The Morgan fingerprint density at radius 3 is 2.17 bits per heavy atom. The first-order valence-electron chi connectivity index (χ1n) is 12.3. The minimum atomic E-state index is -4.65. The highest BCUT2D eigenvalue weighted by molar-refractivity contribution is 6.11. The average molecular weight is 597 g/mol. The van der Waals surface area contributed by atoms with Crippen molar-refractivity contribution in [2.24, 2.45) is 0 Å². The third-order valence-corrected chi connectivity index (χ3v) is 6.28. The summed E-state index contributed by atoms with van der Waals surface area (Å²) in [6.07, 6.45) is -4.65. The van der Waals surface area contributed by atoms with E-state index in [-0.39, 0.29) is 50.5 Å². The Bertz CT molecular complexity index is 1590. The van der Waals surface area contributed by atoms with E-state index in [1.807, 2.05) is 5.32 Å². The lowest BCUT2D eigenvalue weighted by molar-refractivity contribution is -0.115. The summed E-state index contributed by atoms with van der Waals surface area (Å²) < 4.78 is 98.8. The van der Waals surface area contributed by atoms with Gasteiger partial charge in [0.1, 0.15) is 49.5 Å². The molecule has 222 valence electrons. The van der Waals surface area contributed by atoms with E-state index in [1.54, 1.807) is 0 Å². The van der Waals surface area contributed by atoms with Gasteiger partial charge in [0.25, 0.3) is 11.8 Å². The van der Waals surface area contributed by atoms with Gasteiger partial charge >= 0.3 is 6.18 Å². The molecule has 7 nitrogen and oxygen atoms in total. The van der Waals surface area contributed by atoms with Crippen molar-refractivity contribution >= 4 is 28.7 Å². The van der Waals surface area contributed by atoms with Crippen LogP contribution in [0.2, 0.25) is 0 Å². The molecule has 4 rings (SSSR count). The summed E-state index contributed by atoms with van der Waals surface area (Å²) in [5.41, 5.74) is -2.40. The molecule has 0 bridgehead atoms. The van der Waals surface area contributed by atoms with Gasteiger partial charge < -0.3 is 20.4 Å². The van der Waals surface area contributed by atoms with E-state index in [2.05, 4.69) is 15.6 Å². The number of anilines is 1. The van der Waals surface area contributed by atoms with E-state index in [1.165, 1.54) is 49.5 Å². The molecule has 14 heteroatoms. The van der Waals surface area contributed by atoms with Gasteiger partial charge in [-0.25, -0.2) is 17.6 Å². The van der Waals surface area contributed by atoms with E-state index in [4.69, 9.17) is 4.42 Å². The van der Waals surface area contributed by atoms with Crippen LogP contribution in [0.4, 0.5) is 36.6 Å². The molecule has 0 fully saturated rings. The summed E-state index contributed by atoms with van der Waals surface area (Å²) in [7, 11) is 1.34. The number of pyridine rings is 1. The Kier molecular flexibility index (Phi) is 8.73. The number of hydrogen-bond donors (Lipinski definition) is 3. The second-order valence-corrected chi connectivity index (χ2v) is 9.31. The lowest BCUT2D eigenvalue weighted by atomic mass is 9.99. The van der Waals surface area contributed by atoms with Crippen molar-refractivity contribution in [2.75, 3.05) is 38.9 Å². The van der Waals surface area contributed by atoms with Crippen LogP contribution in [0.25, 0.3) is 33.6 Å². The summed E-state index contributed by atoms with van der Waals surface area (Å²) in [6.45, 7) is -6.05. The van der Waals surface area contributed by atoms with Crippen LogP contribution in [0.15, 0.2) is 59.0 Å². The monoisotopic (exact) mass is 596 g/mol. The maximum absolute atomic E-state index is 13.5. The number of alkyl halides is 6. The van der Waals surface area contributed by atoms with E-state index >= 15 is 0 Å². The van der Waals surface area contributed by atoms with Crippen LogP contribution in [0.1, 0.15) is 20.7 Å². The number of halogens is 7. The number of rotatable bonds is 10. The second kappa shape index (κ2) is 12.1. The van der Waals surface area contributed by atoms with E-state index in [0.29, 0.717) is 0 Å². The zero-order valence-electron chi connectivity index (χ0n) is 21.8. The molecule has 2 amide bonds. The molecule has 2 aromatic heterocycles. The quantitative estimate of drug-likeness (QED) is 0.195. The molecule has 0 unspecified atom stereocenters. The Morgan fingerprint density at radius 1 is 0.905 bits per heavy atom. The number of nitrogens with one attached hydrogen (secondary N) is 3. The first-order valence-corrected chi connectivity index (χ1v) is 12.3. The van der Waals surface area contributed by atoms with Crippen LogP contribution in [-0.4, -0.2) is 62.1 Å². The molecule has 0 radical (unpaired) electrons. The SMILES string of the molecule is CNC(=O)c1c(-c2ccc(F)cc2)oc2nc(NCC(F)(F)F)c(-c3cccc(C(=O)NC(CF)(CF)CF)c3)cc12. The van der Waals surface area contributed by atoms with Gasteiger partial charge in [-0.05, 0) is 48.0 Å². The standard InChI is InChI=1S/C28H23F7N4O3/c1-36-25(41)21-20-10-19(16-3-2-4-17(9-16)24(40)39-27(11-29,12-30)13-31)23(37-14-28(33,34)35)38-26(20)42-22(21)15-5-7-18(32)8-6-15/h2-10H,11-14H2,1H3,(H,36,41)(H,37,38)(H,39,40). The Labute approximate surface area is 234 Å². The normalized spacial score (nSPS) is 11.9. The lowest BCUT2D eigenvalue weighted by Gasteiger charge is -2.25. The maximum atomic E-state index is 13.5. The van der Waals surface area contributed by atoms with E-state index < -0.39 is 55.9 Å². The van der Waals surface area contributed by atoms with Crippen LogP contribution < -0.4 is 16.0 Å². The highest BCUT2D eigenvalue weighted by Crippen LogP contribution is 2.38. The number of carbonyl (C=O) groups is 2. The number of carbonyl (C=O) groups excluding carboxylic acids is 2. The third-order valence-electron chi connectivity index (χ3n) is 6.28. The Hall–Kier alpha value is -4.62. The molecule has 42 heavy (non-hydrogen) atoms. The summed E-state index contributed by atoms with van der Waals surface area (Å²) in [6, 6.07) is 11.5. The molecule has 2 heterocycles. The third kappa shape index (κ3) is 6.31. The lowest BCUT2D eigenvalue weighted by Crippen LogP contribution is -2.54. The summed E-state index contributed by atoms with van der Waals surface area (Å²) >= 11 is 0. The molecule has 0 aliphatic heterocycles. The molecule has 0 saturated heterocycles. The Balaban J connectivity index is 1.90. The minimum Gasteiger partial charge on any atom is -0.437 e. The first-order chi connectivity index (χ1) is 19.9. The largest absolute Gasteiger partial charge is 0.437 e. The molecule has 4 aromatic rings. The fourth-order valence-corrected chi connectivity index (χ4v) is 4.07. The van der Waals surface area contributed by atoms with Crippen molar-refractivity contribution in [3.05, 3.63) is 71.5 Å². The predicted octanol–water partition coefficient (Wildman–Crippen LogP) is 6.01. The molecule has 0 atom stereocenters. The molecular weight excluding hydrogens is 573 g/mol. The van der Waals surface area contributed by atoms with Gasteiger partial charge in [-0.1, -0.05) is 12.1 Å². The van der Waals surface area contributed by atoms with Crippen molar-refractivity contribution in [1.29, 1.82) is 0 Å². The van der Waals surface area contributed by atoms with Gasteiger partial charge in [0.05, 0.1) is 10.9 Å². The number of hydrogen-bond acceptors (Lipinski definition) is 5. The van der Waals surface area contributed by atoms with Crippen LogP contribution in [0.3, 0.4) is 0 Å². The number of furan rings is 1. The number of nitrogens with zero attached hydrogens (tertiary/aromatic N) is 1. The Morgan fingerprint density at radius 2 is 1.57 bits per heavy atom. The smallest absolute Gasteiger partial charge is 0.405 e. The van der Waals surface area contributed by atoms with Gasteiger partial charge in [-0.15, -0.1) is 0 Å². The van der Waals surface area contributed by atoms with Crippen molar-refractivity contribution in [2.45, 2.75) is 11.7 Å². The van der Waals surface area contributed by atoms with E-state index in [0.717, 1.165) is 12.1 Å². The predicted molar refractivity (Wildman–Crippen MR) is 141 cm³/mol. The number of amides is 2. The van der Waals surface area contributed by atoms with Crippen molar-refractivity contribution < 1.29 is 44.7 Å². The number of benzene rings is 2. The molecule has 0 spiro atoms. The summed E-state index contributed by atoms with van der Waals surface area (Å²) in [4.78, 5) is 29.9. The second-order valence-electron chi connectivity index (χ2n) is 9.31. The van der Waals surface area contributed by atoms with Crippen molar-refractivity contribution in [3.8, 4) is 22.5 Å². The fraction of sp³-hybridized carbons (Fsp3) is 0.250. The summed E-state index contributed by atoms with van der Waals surface area (Å²) in [5, 5.41) is 6.70. The van der Waals surface area contributed by atoms with E-state index in [9.17, 15) is 40.3 Å². The van der Waals surface area contributed by atoms with Crippen molar-refractivity contribution in [3.63, 3.8) is 0 Å². The molecule has 3 N–H and O–H groups in total. The van der Waals surface area contributed by atoms with Gasteiger partial charge in [0, 0.05) is 23.7 Å². The molecule has 2 aromatic carbocycles. The van der Waals surface area contributed by atoms with Gasteiger partial charge in [-0.2, -0.15) is 18.2 Å². The van der Waals surface area contributed by atoms with Gasteiger partial charge in [-0.3, -0.25) is 9.59 Å². The van der Waals surface area contributed by atoms with Gasteiger partial charge in [0.2, 0.25) is 5.71 Å².